The molecule has 2 unspecified atom stereocenters. The second kappa shape index (κ2) is 6.74. The average molecular weight is 371 g/mol. The van der Waals surface area contributed by atoms with Crippen LogP contribution in [-0.2, 0) is 4.79 Å². The number of alkyl halides is 2. The van der Waals surface area contributed by atoms with Gasteiger partial charge in [-0.2, -0.15) is 0 Å². The van der Waals surface area contributed by atoms with E-state index < -0.39 is 9.75 Å². The van der Waals surface area contributed by atoms with Crippen LogP contribution in [0.25, 0.3) is 0 Å². The Morgan fingerprint density at radius 3 is 2.38 bits per heavy atom. The van der Waals surface area contributed by atoms with Crippen LogP contribution in [0.3, 0.4) is 0 Å². The molecule has 1 aromatic rings. The molecule has 1 saturated heterocycles. The first-order valence-electron chi connectivity index (χ1n) is 8.41. The van der Waals surface area contributed by atoms with Gasteiger partial charge in [0.1, 0.15) is 10.1 Å². The molecular formula is C18H24Cl2N2O2. The van der Waals surface area contributed by atoms with Crippen molar-refractivity contribution in [2.45, 2.75) is 36.6 Å². The number of ether oxygens (including phenoxy) is 1. The highest BCUT2D eigenvalue weighted by Crippen LogP contribution is 2.63. The lowest BCUT2D eigenvalue weighted by molar-refractivity contribution is -0.126. The van der Waals surface area contributed by atoms with Gasteiger partial charge >= 0.3 is 0 Å². The number of nitrogens with one attached hydrogen (secondary N) is 1. The van der Waals surface area contributed by atoms with Crippen molar-refractivity contribution in [2.24, 2.45) is 5.41 Å². The lowest BCUT2D eigenvalue weighted by Gasteiger charge is -2.29. The monoisotopic (exact) mass is 370 g/mol. The van der Waals surface area contributed by atoms with Crippen molar-refractivity contribution >= 4 is 29.1 Å². The number of amides is 1. The number of likely N-dealkylation sites (tertiary alicyclic amines) is 1. The molecule has 0 aromatic heterocycles. The minimum atomic E-state index is -0.930. The summed E-state index contributed by atoms with van der Waals surface area (Å²) in [5.41, 5.74) is 0.507. The van der Waals surface area contributed by atoms with Crippen molar-refractivity contribution in [2.75, 3.05) is 26.7 Å². The van der Waals surface area contributed by atoms with E-state index in [2.05, 4.69) is 22.3 Å². The van der Waals surface area contributed by atoms with Gasteiger partial charge in [-0.1, -0.05) is 12.1 Å². The van der Waals surface area contributed by atoms with E-state index in [1.165, 1.54) is 18.4 Å². The maximum absolute atomic E-state index is 12.5. The van der Waals surface area contributed by atoms with Crippen LogP contribution in [0.2, 0.25) is 0 Å². The Morgan fingerprint density at radius 2 is 1.88 bits per heavy atom. The van der Waals surface area contributed by atoms with Gasteiger partial charge in [-0.3, -0.25) is 9.69 Å². The molecule has 132 valence electrons. The fraction of sp³-hybridized carbons (Fsp3) is 0.611. The van der Waals surface area contributed by atoms with E-state index in [-0.39, 0.29) is 11.9 Å². The van der Waals surface area contributed by atoms with Crippen molar-refractivity contribution in [3.05, 3.63) is 29.8 Å². The zero-order valence-electron chi connectivity index (χ0n) is 14.1. The first kappa shape index (κ1) is 17.8. The predicted molar refractivity (Wildman–Crippen MR) is 96.7 cm³/mol. The van der Waals surface area contributed by atoms with E-state index in [1.807, 2.05) is 19.1 Å². The van der Waals surface area contributed by atoms with Gasteiger partial charge in [0.15, 0.2) is 0 Å². The van der Waals surface area contributed by atoms with Gasteiger partial charge in [0.2, 0.25) is 5.91 Å². The third kappa shape index (κ3) is 3.37. The number of halogens is 2. The molecule has 1 N–H and O–H groups in total. The molecule has 1 aromatic carbocycles. The van der Waals surface area contributed by atoms with Gasteiger partial charge in [0.05, 0.1) is 18.6 Å². The Balaban J connectivity index is 1.69. The lowest BCUT2D eigenvalue weighted by atomic mass is 10.0. The van der Waals surface area contributed by atoms with Crippen molar-refractivity contribution < 1.29 is 9.53 Å². The topological polar surface area (TPSA) is 41.6 Å². The molecular weight excluding hydrogens is 347 g/mol. The fourth-order valence-corrected chi connectivity index (χ4v) is 4.07. The van der Waals surface area contributed by atoms with Crippen LogP contribution < -0.4 is 10.1 Å². The second-order valence-corrected chi connectivity index (χ2v) is 8.44. The highest BCUT2D eigenvalue weighted by atomic mass is 35.5. The Hall–Kier alpha value is -0.970. The summed E-state index contributed by atoms with van der Waals surface area (Å²) in [4.78, 5) is 14.9. The molecule has 1 amide bonds. The minimum absolute atomic E-state index is 0.0646. The van der Waals surface area contributed by atoms with E-state index >= 15 is 0 Å². The Labute approximate surface area is 153 Å². The molecule has 0 radical (unpaired) electrons. The second-order valence-electron chi connectivity index (χ2n) is 6.96. The molecule has 1 aliphatic carbocycles. The summed E-state index contributed by atoms with van der Waals surface area (Å²) in [6, 6.07) is 8.22. The minimum Gasteiger partial charge on any atom is -0.497 e. The van der Waals surface area contributed by atoms with Crippen LogP contribution in [0, 0.1) is 5.41 Å². The maximum atomic E-state index is 12.5. The zero-order chi connectivity index (χ0) is 17.4. The molecule has 4 nitrogen and oxygen atoms in total. The molecule has 0 spiro atoms. The number of rotatable bonds is 6. The van der Waals surface area contributed by atoms with E-state index in [4.69, 9.17) is 27.9 Å². The molecule has 24 heavy (non-hydrogen) atoms. The Kier molecular flexibility index (Phi) is 5.01. The standard InChI is InChI=1S/C18H24Cl2N2O2/c1-17(12-18(17,19)20)16(23)21-11-15(22-9-3-4-10-22)13-5-7-14(24-2)8-6-13/h5-8,15H,3-4,9-12H2,1-2H3,(H,21,23). The molecule has 1 heterocycles. The highest BCUT2D eigenvalue weighted by molar-refractivity contribution is 6.53. The first-order chi connectivity index (χ1) is 11.4. The van der Waals surface area contributed by atoms with Crippen LogP contribution in [0.4, 0.5) is 0 Å². The van der Waals surface area contributed by atoms with Crippen LogP contribution in [-0.4, -0.2) is 41.9 Å². The van der Waals surface area contributed by atoms with E-state index in [1.54, 1.807) is 7.11 Å². The van der Waals surface area contributed by atoms with E-state index in [0.29, 0.717) is 13.0 Å². The molecule has 1 aliphatic heterocycles. The lowest BCUT2D eigenvalue weighted by Crippen LogP contribution is -2.40. The normalized spacial score (nSPS) is 26.8. The summed E-state index contributed by atoms with van der Waals surface area (Å²) in [6.07, 6.45) is 2.90. The summed E-state index contributed by atoms with van der Waals surface area (Å²) in [7, 11) is 1.66. The van der Waals surface area contributed by atoms with Crippen molar-refractivity contribution in [3.63, 3.8) is 0 Å². The molecule has 3 rings (SSSR count). The summed E-state index contributed by atoms with van der Waals surface area (Å²) >= 11 is 12.2. The molecule has 0 bridgehead atoms. The Bertz CT molecular complexity index is 600. The number of benzene rings is 1. The number of methoxy groups -OCH3 is 1. The summed E-state index contributed by atoms with van der Waals surface area (Å²) in [6.45, 7) is 4.49. The van der Waals surface area contributed by atoms with E-state index in [0.717, 1.165) is 18.8 Å². The molecule has 2 aliphatic rings. The van der Waals surface area contributed by atoms with Crippen LogP contribution >= 0.6 is 23.2 Å². The highest BCUT2D eigenvalue weighted by Gasteiger charge is 2.67. The van der Waals surface area contributed by atoms with Crippen LogP contribution in [0.5, 0.6) is 5.75 Å². The van der Waals surface area contributed by atoms with Crippen LogP contribution in [0.1, 0.15) is 37.8 Å². The third-order valence-corrected chi connectivity index (χ3v) is 6.40. The Morgan fingerprint density at radius 1 is 1.29 bits per heavy atom. The fourth-order valence-electron chi connectivity index (χ4n) is 3.37. The van der Waals surface area contributed by atoms with Gasteiger partial charge < -0.3 is 10.1 Å². The quantitative estimate of drug-likeness (QED) is 0.778. The third-order valence-electron chi connectivity index (χ3n) is 5.30. The smallest absolute Gasteiger partial charge is 0.229 e. The largest absolute Gasteiger partial charge is 0.497 e. The average Bonchev–Trinajstić information content (AvgIpc) is 2.95. The number of nitrogens with zero attached hydrogens (tertiary/aromatic N) is 1. The number of hydrogen-bond donors (Lipinski definition) is 1. The van der Waals surface area contributed by atoms with Crippen molar-refractivity contribution in [1.29, 1.82) is 0 Å². The van der Waals surface area contributed by atoms with Gasteiger partial charge in [0, 0.05) is 6.54 Å². The number of carbonyl (C=O) groups excluding carboxylic acids is 1. The summed E-state index contributed by atoms with van der Waals surface area (Å²) in [5.74, 6) is 0.771. The first-order valence-corrected chi connectivity index (χ1v) is 9.17. The van der Waals surface area contributed by atoms with Crippen molar-refractivity contribution in [1.82, 2.24) is 10.2 Å². The number of hydrogen-bond acceptors (Lipinski definition) is 3. The van der Waals surface area contributed by atoms with E-state index in [9.17, 15) is 4.79 Å². The SMILES string of the molecule is COc1ccc(C(CNC(=O)C2(C)CC2(Cl)Cl)N2CCCC2)cc1. The number of carbonyl (C=O) groups is 1. The van der Waals surface area contributed by atoms with Gasteiger partial charge in [-0.05, 0) is 57.0 Å². The van der Waals surface area contributed by atoms with Crippen LogP contribution in [0.15, 0.2) is 24.3 Å². The van der Waals surface area contributed by atoms with Gasteiger partial charge in [-0.25, -0.2) is 0 Å². The molecule has 2 atom stereocenters. The summed E-state index contributed by atoms with van der Waals surface area (Å²) < 4.78 is 4.31. The van der Waals surface area contributed by atoms with Gasteiger partial charge in [-0.15, -0.1) is 23.2 Å². The van der Waals surface area contributed by atoms with Gasteiger partial charge in [0.25, 0.3) is 0 Å². The van der Waals surface area contributed by atoms with Crippen molar-refractivity contribution in [3.8, 4) is 5.75 Å². The predicted octanol–water partition coefficient (Wildman–Crippen LogP) is 3.53. The molecule has 1 saturated carbocycles. The maximum Gasteiger partial charge on any atom is 0.229 e. The molecule has 2 fully saturated rings. The molecule has 6 heteroatoms. The zero-order valence-corrected chi connectivity index (χ0v) is 15.7. The summed E-state index contributed by atoms with van der Waals surface area (Å²) in [5, 5.41) is 3.06.